The molecule has 0 atom stereocenters. The van der Waals surface area contributed by atoms with E-state index in [0.717, 1.165) is 0 Å². The van der Waals surface area contributed by atoms with E-state index in [9.17, 15) is 4.39 Å². The zero-order valence-electron chi connectivity index (χ0n) is 11.1. The molecule has 0 spiro atoms. The van der Waals surface area contributed by atoms with Gasteiger partial charge in [0.05, 0.1) is 0 Å². The van der Waals surface area contributed by atoms with Crippen LogP contribution >= 0.6 is 0 Å². The molecular weight excluding hydrogens is 199 g/mol. The Morgan fingerprint density at radius 1 is 0.938 bits per heavy atom. The number of rotatable bonds is 5. The first-order valence-corrected chi connectivity index (χ1v) is 6.53. The first-order chi connectivity index (χ1) is 7.77. The average molecular weight is 224 g/mol. The first kappa shape index (κ1) is 15.2. The third kappa shape index (κ3) is 5.29. The lowest BCUT2D eigenvalue weighted by molar-refractivity contribution is 0.558. The van der Waals surface area contributed by atoms with Crippen molar-refractivity contribution in [2.75, 3.05) is 0 Å². The Kier molecular flexibility index (Phi) is 8.88. The van der Waals surface area contributed by atoms with Crippen molar-refractivity contribution in [2.45, 2.75) is 59.3 Å². The quantitative estimate of drug-likeness (QED) is 0.616. The predicted octanol–water partition coefficient (Wildman–Crippen LogP) is 5.54. The molecule has 0 aromatic heterocycles. The van der Waals surface area contributed by atoms with E-state index in [4.69, 9.17) is 0 Å². The predicted molar refractivity (Wildman–Crippen MR) is 70.3 cm³/mol. The fourth-order valence-corrected chi connectivity index (χ4v) is 1.91. The van der Waals surface area contributed by atoms with Gasteiger partial charge in [-0.15, -0.1) is 0 Å². The van der Waals surface area contributed by atoms with E-state index >= 15 is 0 Å². The minimum Gasteiger partial charge on any atom is -0.207 e. The molecule has 1 heteroatoms. The highest BCUT2D eigenvalue weighted by Crippen LogP contribution is 2.26. The van der Waals surface area contributed by atoms with Crippen molar-refractivity contribution in [1.82, 2.24) is 0 Å². The van der Waals surface area contributed by atoms with Gasteiger partial charge >= 0.3 is 0 Å². The number of benzene rings is 1. The Balaban J connectivity index is 0.00000106. The smallest absolute Gasteiger partial charge is 0.123 e. The Hall–Kier alpha value is -0.850. The number of halogens is 1. The molecule has 16 heavy (non-hydrogen) atoms. The van der Waals surface area contributed by atoms with Crippen LogP contribution in [-0.2, 0) is 0 Å². The molecule has 0 aliphatic rings. The Bertz CT molecular complexity index is 245. The monoisotopic (exact) mass is 224 g/mol. The van der Waals surface area contributed by atoms with Crippen LogP contribution in [0.3, 0.4) is 0 Å². The minimum absolute atomic E-state index is 0.138. The van der Waals surface area contributed by atoms with E-state index in [-0.39, 0.29) is 5.82 Å². The molecule has 0 aliphatic heterocycles. The van der Waals surface area contributed by atoms with Crippen LogP contribution in [-0.4, -0.2) is 0 Å². The van der Waals surface area contributed by atoms with E-state index in [1.54, 1.807) is 12.1 Å². The molecule has 0 heterocycles. The third-order valence-electron chi connectivity index (χ3n) is 2.62. The SMILES string of the molecule is CC.CCCC(CCC)c1ccc(F)cc1. The van der Waals surface area contributed by atoms with Gasteiger partial charge in [-0.2, -0.15) is 0 Å². The van der Waals surface area contributed by atoms with Gasteiger partial charge < -0.3 is 0 Å². The Morgan fingerprint density at radius 2 is 1.38 bits per heavy atom. The molecule has 0 aliphatic carbocycles. The summed E-state index contributed by atoms with van der Waals surface area (Å²) in [5.74, 6) is 0.478. The first-order valence-electron chi connectivity index (χ1n) is 6.53. The number of hydrogen-bond donors (Lipinski definition) is 0. The van der Waals surface area contributed by atoms with Crippen LogP contribution in [0.4, 0.5) is 4.39 Å². The highest BCUT2D eigenvalue weighted by molar-refractivity contribution is 5.20. The van der Waals surface area contributed by atoms with E-state index in [2.05, 4.69) is 13.8 Å². The van der Waals surface area contributed by atoms with Crippen LogP contribution in [0.1, 0.15) is 64.9 Å². The molecule has 92 valence electrons. The zero-order chi connectivity index (χ0) is 12.4. The molecule has 0 fully saturated rings. The summed E-state index contributed by atoms with van der Waals surface area (Å²) in [4.78, 5) is 0. The van der Waals surface area contributed by atoms with Gasteiger partial charge in [-0.3, -0.25) is 0 Å². The highest BCUT2D eigenvalue weighted by atomic mass is 19.1. The standard InChI is InChI=1S/C13H19F.C2H6/c1-3-5-11(6-4-2)12-7-9-13(14)10-8-12;1-2/h7-11H,3-6H2,1-2H3;1-2H3. The minimum atomic E-state index is -0.138. The Labute approximate surface area is 99.9 Å². The summed E-state index contributed by atoms with van der Waals surface area (Å²) in [6, 6.07) is 6.97. The largest absolute Gasteiger partial charge is 0.207 e. The lowest BCUT2D eigenvalue weighted by Gasteiger charge is -2.15. The van der Waals surface area contributed by atoms with Gasteiger partial charge in [0.15, 0.2) is 0 Å². The lowest BCUT2D eigenvalue weighted by Crippen LogP contribution is -1.98. The molecule has 0 nitrogen and oxygen atoms in total. The van der Waals surface area contributed by atoms with Crippen LogP contribution in [0.2, 0.25) is 0 Å². The van der Waals surface area contributed by atoms with Gasteiger partial charge in [-0.1, -0.05) is 52.7 Å². The van der Waals surface area contributed by atoms with Crippen molar-refractivity contribution < 1.29 is 4.39 Å². The van der Waals surface area contributed by atoms with Gasteiger partial charge in [0.25, 0.3) is 0 Å². The third-order valence-corrected chi connectivity index (χ3v) is 2.62. The molecule has 1 rings (SSSR count). The van der Waals surface area contributed by atoms with Crippen molar-refractivity contribution in [1.29, 1.82) is 0 Å². The van der Waals surface area contributed by atoms with Gasteiger partial charge in [-0.25, -0.2) is 4.39 Å². The topological polar surface area (TPSA) is 0 Å². The number of hydrogen-bond acceptors (Lipinski definition) is 0. The van der Waals surface area contributed by atoms with E-state index < -0.39 is 0 Å². The summed E-state index contributed by atoms with van der Waals surface area (Å²) >= 11 is 0. The van der Waals surface area contributed by atoms with Crippen LogP contribution in [0, 0.1) is 5.82 Å². The van der Waals surface area contributed by atoms with Crippen LogP contribution < -0.4 is 0 Å². The molecule has 0 N–H and O–H groups in total. The van der Waals surface area contributed by atoms with E-state index in [1.807, 2.05) is 26.0 Å². The van der Waals surface area contributed by atoms with Gasteiger partial charge in [0.2, 0.25) is 0 Å². The van der Waals surface area contributed by atoms with Crippen molar-refractivity contribution in [3.05, 3.63) is 35.6 Å². The summed E-state index contributed by atoms with van der Waals surface area (Å²) in [5, 5.41) is 0. The second kappa shape index (κ2) is 9.38. The zero-order valence-corrected chi connectivity index (χ0v) is 11.1. The molecule has 1 aromatic rings. The summed E-state index contributed by atoms with van der Waals surface area (Å²) < 4.78 is 12.7. The van der Waals surface area contributed by atoms with E-state index in [0.29, 0.717) is 5.92 Å². The lowest BCUT2D eigenvalue weighted by atomic mass is 9.90. The average Bonchev–Trinajstić information content (AvgIpc) is 2.32. The molecule has 0 unspecified atom stereocenters. The molecule has 0 saturated heterocycles. The summed E-state index contributed by atoms with van der Waals surface area (Å²) in [6.07, 6.45) is 4.81. The van der Waals surface area contributed by atoms with Crippen molar-refractivity contribution in [3.63, 3.8) is 0 Å². The van der Waals surface area contributed by atoms with Crippen LogP contribution in [0.25, 0.3) is 0 Å². The summed E-state index contributed by atoms with van der Waals surface area (Å²) in [5.41, 5.74) is 1.29. The molecule has 0 radical (unpaired) electrons. The molecular formula is C15H25F. The fraction of sp³-hybridized carbons (Fsp3) is 0.600. The molecule has 0 amide bonds. The van der Waals surface area contributed by atoms with Crippen LogP contribution in [0.5, 0.6) is 0 Å². The molecule has 0 saturated carbocycles. The summed E-state index contributed by atoms with van der Waals surface area (Å²) in [7, 11) is 0. The second-order valence-corrected chi connectivity index (χ2v) is 3.83. The van der Waals surface area contributed by atoms with Crippen molar-refractivity contribution in [3.8, 4) is 0 Å². The highest BCUT2D eigenvalue weighted by Gasteiger charge is 2.08. The van der Waals surface area contributed by atoms with Gasteiger partial charge in [0, 0.05) is 0 Å². The molecule has 0 bridgehead atoms. The van der Waals surface area contributed by atoms with Gasteiger partial charge in [-0.05, 0) is 36.5 Å². The van der Waals surface area contributed by atoms with Gasteiger partial charge in [0.1, 0.15) is 5.82 Å². The van der Waals surface area contributed by atoms with Crippen molar-refractivity contribution >= 4 is 0 Å². The maximum Gasteiger partial charge on any atom is 0.123 e. The Morgan fingerprint density at radius 3 is 1.75 bits per heavy atom. The van der Waals surface area contributed by atoms with E-state index in [1.165, 1.54) is 31.2 Å². The molecule has 1 aromatic carbocycles. The summed E-state index contributed by atoms with van der Waals surface area (Å²) in [6.45, 7) is 8.40. The maximum atomic E-state index is 12.7. The second-order valence-electron chi connectivity index (χ2n) is 3.83. The normalized spacial score (nSPS) is 9.88. The maximum absolute atomic E-state index is 12.7. The fourth-order valence-electron chi connectivity index (χ4n) is 1.91. The van der Waals surface area contributed by atoms with Crippen molar-refractivity contribution in [2.24, 2.45) is 0 Å². The van der Waals surface area contributed by atoms with Crippen LogP contribution in [0.15, 0.2) is 24.3 Å².